The molecule has 2 rings (SSSR count). The summed E-state index contributed by atoms with van der Waals surface area (Å²) in [5.41, 5.74) is 0.677. The average molecular weight is 820 g/mol. The van der Waals surface area contributed by atoms with Gasteiger partial charge in [-0.25, -0.2) is 4.79 Å². The zero-order chi connectivity index (χ0) is 43.7. The first-order valence-corrected chi connectivity index (χ1v) is 20.8. The minimum atomic E-state index is -0.883. The molecule has 1 heterocycles. The molecular weight excluding hydrogens is 746 g/mol. The van der Waals surface area contributed by atoms with Crippen LogP contribution in [0.3, 0.4) is 0 Å². The summed E-state index contributed by atoms with van der Waals surface area (Å²) >= 11 is 0. The van der Waals surface area contributed by atoms with E-state index < -0.39 is 60.6 Å². The maximum absolute atomic E-state index is 14.3. The van der Waals surface area contributed by atoms with Crippen molar-refractivity contribution >= 4 is 29.8 Å². The second-order valence-electron chi connectivity index (χ2n) is 16.2. The highest BCUT2D eigenvalue weighted by atomic mass is 16.7. The van der Waals surface area contributed by atoms with Gasteiger partial charge >= 0.3 is 6.16 Å². The Balaban J connectivity index is 2.27. The molecule has 15 heteroatoms. The maximum atomic E-state index is 14.3. The Morgan fingerprint density at radius 1 is 0.862 bits per heavy atom. The Kier molecular flexibility index (Phi) is 21.7. The smallest absolute Gasteiger partial charge is 0.432 e. The monoisotopic (exact) mass is 820 g/mol. The van der Waals surface area contributed by atoms with Crippen LogP contribution in [0.1, 0.15) is 92.7 Å². The lowest BCUT2D eigenvalue weighted by atomic mass is 9.89. The zero-order valence-electron chi connectivity index (χ0n) is 37.2. The fourth-order valence-electron chi connectivity index (χ4n) is 7.93. The van der Waals surface area contributed by atoms with E-state index in [-0.39, 0.29) is 61.0 Å². The van der Waals surface area contributed by atoms with Gasteiger partial charge in [-0.1, -0.05) is 85.2 Å². The summed E-state index contributed by atoms with van der Waals surface area (Å²) in [6, 6.07) is 6.33. The molecule has 0 aromatic heterocycles. The standard InChI is InChI=1S/C43H73N5O10/c1-14-28(6)37(47(10)42(52)36(27(4)5)46-41(51)35(44-9)26(2)3)33(55-12)25-34(49)48-22-18-21-32(48)38(56-13)29(7)40(50)45-30(8)39(31-19-16-15-17-20-31)58-43(53)57-24-23-54-11/h15-17,19-20,26-30,32-33,35-39,44H,14,18,21-25H2,1-13H3,(H,45,50)(H,46,51)/t28-,29+,30+,32-,33+,35-,36-,37-,38+,39+/m0/s1. The summed E-state index contributed by atoms with van der Waals surface area (Å²) in [4.78, 5) is 71.6. The second kappa shape index (κ2) is 25.0. The molecule has 3 N–H and O–H groups in total. The van der Waals surface area contributed by atoms with Gasteiger partial charge in [-0.05, 0) is 50.1 Å². The minimum absolute atomic E-state index is 0.00186. The number of ether oxygens (including phenoxy) is 5. The predicted molar refractivity (Wildman–Crippen MR) is 222 cm³/mol. The third-order valence-corrected chi connectivity index (χ3v) is 11.4. The largest absolute Gasteiger partial charge is 0.509 e. The van der Waals surface area contributed by atoms with Gasteiger partial charge in [0.05, 0.1) is 55.3 Å². The van der Waals surface area contributed by atoms with Gasteiger partial charge in [-0.3, -0.25) is 19.2 Å². The molecule has 0 unspecified atom stereocenters. The van der Waals surface area contributed by atoms with Crippen LogP contribution in [0.4, 0.5) is 4.79 Å². The summed E-state index contributed by atoms with van der Waals surface area (Å²) in [6.07, 6.45) is -0.953. The third kappa shape index (κ3) is 13.9. The summed E-state index contributed by atoms with van der Waals surface area (Å²) in [7, 11) is 8.02. The highest BCUT2D eigenvalue weighted by molar-refractivity contribution is 5.90. The Bertz CT molecular complexity index is 1430. The van der Waals surface area contributed by atoms with Crippen molar-refractivity contribution in [3.05, 3.63) is 35.9 Å². The van der Waals surface area contributed by atoms with Crippen molar-refractivity contribution in [1.82, 2.24) is 25.8 Å². The van der Waals surface area contributed by atoms with Crippen LogP contribution in [0, 0.1) is 23.7 Å². The van der Waals surface area contributed by atoms with Crippen molar-refractivity contribution in [3.63, 3.8) is 0 Å². The number of amides is 4. The number of hydrogen-bond donors (Lipinski definition) is 3. The number of nitrogens with zero attached hydrogens (tertiary/aromatic N) is 2. The molecule has 1 fully saturated rings. The normalized spacial score (nSPS) is 18.9. The van der Waals surface area contributed by atoms with Crippen molar-refractivity contribution < 1.29 is 47.7 Å². The van der Waals surface area contributed by atoms with Gasteiger partial charge in [0.1, 0.15) is 12.6 Å². The van der Waals surface area contributed by atoms with Crippen LogP contribution in [0.5, 0.6) is 0 Å². The van der Waals surface area contributed by atoms with Crippen LogP contribution in [-0.4, -0.2) is 137 Å². The molecule has 10 atom stereocenters. The van der Waals surface area contributed by atoms with Crippen LogP contribution in [0.2, 0.25) is 0 Å². The Morgan fingerprint density at radius 3 is 2.03 bits per heavy atom. The summed E-state index contributed by atoms with van der Waals surface area (Å²) < 4.78 is 27.8. The highest BCUT2D eigenvalue weighted by Crippen LogP contribution is 2.30. The first-order chi connectivity index (χ1) is 27.5. The number of carbonyl (C=O) groups is 5. The van der Waals surface area contributed by atoms with E-state index in [1.54, 1.807) is 57.0 Å². The van der Waals surface area contributed by atoms with Gasteiger partial charge < -0.3 is 49.4 Å². The number of carbonyl (C=O) groups excluding carboxylic acids is 5. The van der Waals surface area contributed by atoms with Crippen molar-refractivity contribution in [2.24, 2.45) is 23.7 Å². The van der Waals surface area contributed by atoms with Crippen LogP contribution >= 0.6 is 0 Å². The van der Waals surface area contributed by atoms with E-state index >= 15 is 0 Å². The lowest BCUT2D eigenvalue weighted by Crippen LogP contribution is -2.59. The minimum Gasteiger partial charge on any atom is -0.432 e. The Hall–Kier alpha value is -3.79. The predicted octanol–water partition coefficient (Wildman–Crippen LogP) is 4.34. The van der Waals surface area contributed by atoms with Crippen molar-refractivity contribution in [3.8, 4) is 0 Å². The van der Waals surface area contributed by atoms with Gasteiger partial charge in [0, 0.05) is 34.9 Å². The second-order valence-corrected chi connectivity index (χ2v) is 16.2. The van der Waals surface area contributed by atoms with Crippen LogP contribution in [-0.2, 0) is 42.9 Å². The SMILES string of the molecule is CC[C@H](C)[C@@H]([C@@H](CC(=O)N1CCC[C@H]1[C@H](OC)[C@@H](C)C(=O)N[C@H](C)[C@@H](OC(=O)OCCOC)c1ccccc1)OC)N(C)C(=O)[C@@H](NC(=O)[C@@H](NC)C(C)C)C(C)C. The molecule has 4 amide bonds. The topological polar surface area (TPSA) is 174 Å². The lowest BCUT2D eigenvalue weighted by Gasteiger charge is -2.41. The quantitative estimate of drug-likeness (QED) is 0.100. The van der Waals surface area contributed by atoms with Crippen molar-refractivity contribution in [1.29, 1.82) is 0 Å². The van der Waals surface area contributed by atoms with Gasteiger partial charge in [-0.15, -0.1) is 0 Å². The van der Waals surface area contributed by atoms with Crippen molar-refractivity contribution in [2.75, 3.05) is 55.2 Å². The van der Waals surface area contributed by atoms with E-state index in [1.165, 1.54) is 14.2 Å². The van der Waals surface area contributed by atoms with E-state index in [4.69, 9.17) is 23.7 Å². The summed E-state index contributed by atoms with van der Waals surface area (Å²) in [5, 5.41) is 9.04. The van der Waals surface area contributed by atoms with Gasteiger partial charge in [0.15, 0.2) is 6.10 Å². The molecule has 1 aromatic rings. The molecule has 0 radical (unpaired) electrons. The van der Waals surface area contributed by atoms with E-state index in [2.05, 4.69) is 16.0 Å². The summed E-state index contributed by atoms with van der Waals surface area (Å²) in [6.45, 7) is 16.0. The van der Waals surface area contributed by atoms with Crippen molar-refractivity contribution in [2.45, 2.75) is 130 Å². The molecule has 1 aromatic carbocycles. The molecular formula is C43H73N5O10. The fraction of sp³-hybridized carbons (Fsp3) is 0.744. The number of nitrogens with one attached hydrogen (secondary N) is 3. The number of likely N-dealkylation sites (N-methyl/N-ethyl adjacent to an activating group) is 2. The van der Waals surface area contributed by atoms with E-state index in [1.807, 2.05) is 59.7 Å². The third-order valence-electron chi connectivity index (χ3n) is 11.4. The molecule has 1 aliphatic heterocycles. The van der Waals surface area contributed by atoms with Crippen LogP contribution < -0.4 is 16.0 Å². The maximum Gasteiger partial charge on any atom is 0.509 e. The number of hydrogen-bond acceptors (Lipinski definition) is 11. The van der Waals surface area contributed by atoms with Crippen LogP contribution in [0.15, 0.2) is 30.3 Å². The molecule has 0 aliphatic carbocycles. The Labute approximate surface area is 346 Å². The first kappa shape index (κ1) is 50.4. The zero-order valence-corrected chi connectivity index (χ0v) is 37.2. The molecule has 58 heavy (non-hydrogen) atoms. The molecule has 330 valence electrons. The van der Waals surface area contributed by atoms with Crippen LogP contribution in [0.25, 0.3) is 0 Å². The number of likely N-dealkylation sites (tertiary alicyclic amines) is 1. The number of benzene rings is 1. The van der Waals surface area contributed by atoms with E-state index in [0.717, 1.165) is 12.8 Å². The molecule has 1 saturated heterocycles. The molecule has 0 spiro atoms. The molecule has 15 nitrogen and oxygen atoms in total. The summed E-state index contributed by atoms with van der Waals surface area (Å²) in [5.74, 6) is -1.90. The van der Waals surface area contributed by atoms with E-state index in [9.17, 15) is 24.0 Å². The molecule has 1 aliphatic rings. The number of methoxy groups -OCH3 is 3. The fourth-order valence-corrected chi connectivity index (χ4v) is 7.93. The highest BCUT2D eigenvalue weighted by Gasteiger charge is 2.43. The first-order valence-electron chi connectivity index (χ1n) is 20.8. The van der Waals surface area contributed by atoms with Gasteiger partial charge in [0.2, 0.25) is 23.6 Å². The van der Waals surface area contributed by atoms with Gasteiger partial charge in [0.25, 0.3) is 0 Å². The number of rotatable bonds is 24. The molecule has 0 saturated carbocycles. The van der Waals surface area contributed by atoms with Gasteiger partial charge in [-0.2, -0.15) is 0 Å². The Morgan fingerprint density at radius 2 is 1.50 bits per heavy atom. The lowest BCUT2D eigenvalue weighted by molar-refractivity contribution is -0.148. The average Bonchev–Trinajstić information content (AvgIpc) is 3.68. The molecule has 0 bridgehead atoms. The van der Waals surface area contributed by atoms with E-state index in [0.29, 0.717) is 18.5 Å².